The Morgan fingerprint density at radius 1 is 1.08 bits per heavy atom. The van der Waals surface area contributed by atoms with Crippen molar-refractivity contribution in [1.82, 2.24) is 15.1 Å². The average Bonchev–Trinajstić information content (AvgIpc) is 3.10. The van der Waals surface area contributed by atoms with Gasteiger partial charge in [-0.25, -0.2) is 4.68 Å². The van der Waals surface area contributed by atoms with Gasteiger partial charge >= 0.3 is 0 Å². The van der Waals surface area contributed by atoms with E-state index in [1.54, 1.807) is 12.2 Å². The second kappa shape index (κ2) is 7.93. The maximum absolute atomic E-state index is 11.8. The highest BCUT2D eigenvalue weighted by molar-refractivity contribution is 5.92. The Balaban J connectivity index is 1.97. The number of carbonyl (C=O) groups is 1. The van der Waals surface area contributed by atoms with Gasteiger partial charge in [-0.05, 0) is 18.2 Å². The number of hydrogen-bond acceptors (Lipinski definition) is 2. The van der Waals surface area contributed by atoms with Gasteiger partial charge in [0.25, 0.3) is 0 Å². The molecule has 0 radical (unpaired) electrons. The van der Waals surface area contributed by atoms with Crippen LogP contribution in [0.5, 0.6) is 0 Å². The molecule has 0 unspecified atom stereocenters. The number of para-hydroxylation sites is 1. The number of nitrogens with zero attached hydrogens (tertiary/aromatic N) is 2. The molecule has 0 fully saturated rings. The molecule has 0 aliphatic carbocycles. The highest BCUT2D eigenvalue weighted by Crippen LogP contribution is 2.24. The number of nitrogens with one attached hydrogen (secondary N) is 1. The summed E-state index contributed by atoms with van der Waals surface area (Å²) in [5.41, 5.74) is 3.68. The van der Waals surface area contributed by atoms with Crippen LogP contribution in [0.15, 0.2) is 85.6 Å². The van der Waals surface area contributed by atoms with Gasteiger partial charge < -0.3 is 5.32 Å². The van der Waals surface area contributed by atoms with Crippen molar-refractivity contribution in [2.75, 3.05) is 6.54 Å². The van der Waals surface area contributed by atoms with Gasteiger partial charge in [-0.15, -0.1) is 6.58 Å². The van der Waals surface area contributed by atoms with Crippen molar-refractivity contribution in [1.29, 1.82) is 0 Å². The molecule has 1 N–H and O–H groups in total. The van der Waals surface area contributed by atoms with E-state index in [2.05, 4.69) is 11.9 Å². The van der Waals surface area contributed by atoms with Crippen molar-refractivity contribution in [3.63, 3.8) is 0 Å². The zero-order valence-corrected chi connectivity index (χ0v) is 13.8. The van der Waals surface area contributed by atoms with Crippen LogP contribution in [0.4, 0.5) is 0 Å². The van der Waals surface area contributed by atoms with Gasteiger partial charge in [-0.3, -0.25) is 4.79 Å². The third-order valence-electron chi connectivity index (χ3n) is 3.65. The van der Waals surface area contributed by atoms with Crippen LogP contribution in [0.25, 0.3) is 23.0 Å². The lowest BCUT2D eigenvalue weighted by Crippen LogP contribution is -2.20. The monoisotopic (exact) mass is 329 g/mol. The molecular weight excluding hydrogens is 310 g/mol. The summed E-state index contributed by atoms with van der Waals surface area (Å²) in [6.07, 6.45) is 6.87. The number of rotatable bonds is 6. The molecule has 0 aliphatic heterocycles. The van der Waals surface area contributed by atoms with E-state index in [1.807, 2.05) is 71.5 Å². The van der Waals surface area contributed by atoms with Crippen LogP contribution in [-0.2, 0) is 4.79 Å². The smallest absolute Gasteiger partial charge is 0.244 e. The van der Waals surface area contributed by atoms with Crippen molar-refractivity contribution in [2.45, 2.75) is 0 Å². The Hall–Kier alpha value is -3.40. The van der Waals surface area contributed by atoms with E-state index in [1.165, 1.54) is 6.08 Å². The largest absolute Gasteiger partial charge is 0.349 e. The normalized spacial score (nSPS) is 10.7. The molecular formula is C21H19N3O. The molecule has 1 amide bonds. The maximum atomic E-state index is 11.8. The van der Waals surface area contributed by atoms with Crippen molar-refractivity contribution in [2.24, 2.45) is 0 Å². The Kier molecular flexibility index (Phi) is 5.22. The SMILES string of the molecule is C=CCNC(=O)/C=C/c1cn(-c2ccccc2)nc1-c1ccccc1. The van der Waals surface area contributed by atoms with Gasteiger partial charge in [0, 0.05) is 29.9 Å². The van der Waals surface area contributed by atoms with Crippen LogP contribution >= 0.6 is 0 Å². The fraction of sp³-hybridized carbons (Fsp3) is 0.0476. The lowest BCUT2D eigenvalue weighted by Gasteiger charge is -2.00. The van der Waals surface area contributed by atoms with Gasteiger partial charge in [0.1, 0.15) is 0 Å². The number of carbonyl (C=O) groups excluding carboxylic acids is 1. The van der Waals surface area contributed by atoms with Crippen LogP contribution in [-0.4, -0.2) is 22.2 Å². The van der Waals surface area contributed by atoms with E-state index in [0.717, 1.165) is 22.5 Å². The second-order valence-corrected chi connectivity index (χ2v) is 5.45. The van der Waals surface area contributed by atoms with Crippen LogP contribution in [0.1, 0.15) is 5.56 Å². The van der Waals surface area contributed by atoms with Crippen LogP contribution in [0.3, 0.4) is 0 Å². The Morgan fingerprint density at radius 2 is 1.76 bits per heavy atom. The quantitative estimate of drug-likeness (QED) is 0.551. The third kappa shape index (κ3) is 4.12. The minimum atomic E-state index is -0.161. The summed E-state index contributed by atoms with van der Waals surface area (Å²) in [6.45, 7) is 4.03. The summed E-state index contributed by atoms with van der Waals surface area (Å²) in [5.74, 6) is -0.161. The fourth-order valence-corrected chi connectivity index (χ4v) is 2.44. The van der Waals surface area contributed by atoms with E-state index >= 15 is 0 Å². The van der Waals surface area contributed by atoms with E-state index in [9.17, 15) is 4.79 Å². The van der Waals surface area contributed by atoms with Gasteiger partial charge in [0.15, 0.2) is 0 Å². The molecule has 0 bridgehead atoms. The molecule has 124 valence electrons. The molecule has 1 heterocycles. The van der Waals surface area contributed by atoms with Crippen molar-refractivity contribution < 1.29 is 4.79 Å². The molecule has 4 heteroatoms. The van der Waals surface area contributed by atoms with Crippen LogP contribution in [0.2, 0.25) is 0 Å². The summed E-state index contributed by atoms with van der Waals surface area (Å²) in [7, 11) is 0. The molecule has 0 saturated heterocycles. The maximum Gasteiger partial charge on any atom is 0.244 e. The molecule has 0 spiro atoms. The van der Waals surface area contributed by atoms with Crippen molar-refractivity contribution in [3.05, 3.63) is 91.2 Å². The Bertz CT molecular complexity index is 880. The van der Waals surface area contributed by atoms with Crippen LogP contribution in [0, 0.1) is 0 Å². The topological polar surface area (TPSA) is 46.9 Å². The molecule has 0 aliphatic rings. The minimum Gasteiger partial charge on any atom is -0.349 e. The average molecular weight is 329 g/mol. The lowest BCUT2D eigenvalue weighted by atomic mass is 10.1. The molecule has 3 rings (SSSR count). The van der Waals surface area contributed by atoms with Crippen LogP contribution < -0.4 is 5.32 Å². The standard InChI is InChI=1S/C21H19N3O/c1-2-15-22-20(25)14-13-18-16-24(19-11-7-4-8-12-19)23-21(18)17-9-5-3-6-10-17/h2-14,16H,1,15H2,(H,22,25)/b14-13+. The molecule has 25 heavy (non-hydrogen) atoms. The van der Waals surface area contributed by atoms with E-state index in [-0.39, 0.29) is 5.91 Å². The highest BCUT2D eigenvalue weighted by atomic mass is 16.1. The zero-order valence-electron chi connectivity index (χ0n) is 13.8. The van der Waals surface area contributed by atoms with Gasteiger partial charge in [-0.2, -0.15) is 5.10 Å². The Morgan fingerprint density at radius 3 is 2.44 bits per heavy atom. The summed E-state index contributed by atoms with van der Waals surface area (Å²) in [6, 6.07) is 19.8. The van der Waals surface area contributed by atoms with E-state index < -0.39 is 0 Å². The fourth-order valence-electron chi connectivity index (χ4n) is 2.44. The number of hydrogen-bond donors (Lipinski definition) is 1. The molecule has 0 atom stereocenters. The minimum absolute atomic E-state index is 0.161. The molecule has 2 aromatic carbocycles. The first-order valence-electron chi connectivity index (χ1n) is 8.05. The second-order valence-electron chi connectivity index (χ2n) is 5.45. The first-order chi connectivity index (χ1) is 12.3. The first kappa shape index (κ1) is 16.5. The molecule has 1 aromatic heterocycles. The number of benzene rings is 2. The summed E-state index contributed by atoms with van der Waals surface area (Å²) in [4.78, 5) is 11.8. The predicted octanol–water partition coefficient (Wildman–Crippen LogP) is 3.85. The number of amides is 1. The first-order valence-corrected chi connectivity index (χ1v) is 8.05. The summed E-state index contributed by atoms with van der Waals surface area (Å²) in [5, 5.41) is 7.44. The highest BCUT2D eigenvalue weighted by Gasteiger charge is 2.10. The Labute approximate surface area is 147 Å². The zero-order chi connectivity index (χ0) is 17.5. The summed E-state index contributed by atoms with van der Waals surface area (Å²) < 4.78 is 1.82. The molecule has 4 nitrogen and oxygen atoms in total. The number of aromatic nitrogens is 2. The lowest BCUT2D eigenvalue weighted by molar-refractivity contribution is -0.116. The predicted molar refractivity (Wildman–Crippen MR) is 101 cm³/mol. The molecule has 0 saturated carbocycles. The van der Waals surface area contributed by atoms with E-state index in [0.29, 0.717) is 6.54 Å². The van der Waals surface area contributed by atoms with Gasteiger partial charge in [-0.1, -0.05) is 54.6 Å². The van der Waals surface area contributed by atoms with E-state index in [4.69, 9.17) is 5.10 Å². The van der Waals surface area contributed by atoms with Gasteiger partial charge in [0.05, 0.1) is 11.4 Å². The van der Waals surface area contributed by atoms with Crippen molar-refractivity contribution >= 4 is 12.0 Å². The van der Waals surface area contributed by atoms with Gasteiger partial charge in [0.2, 0.25) is 5.91 Å². The third-order valence-corrected chi connectivity index (χ3v) is 3.65. The summed E-state index contributed by atoms with van der Waals surface area (Å²) >= 11 is 0. The van der Waals surface area contributed by atoms with Crippen molar-refractivity contribution in [3.8, 4) is 16.9 Å². The molecule has 3 aromatic rings.